The highest BCUT2D eigenvalue weighted by Crippen LogP contribution is 2.29. The van der Waals surface area contributed by atoms with Crippen LogP contribution in [0.3, 0.4) is 0 Å². The van der Waals surface area contributed by atoms with E-state index in [-0.39, 0.29) is 18.9 Å². The Labute approximate surface area is 122 Å². The van der Waals surface area contributed by atoms with Gasteiger partial charge in [-0.15, -0.1) is 3.89 Å². The van der Waals surface area contributed by atoms with Crippen LogP contribution in [0.2, 0.25) is 0 Å². The van der Waals surface area contributed by atoms with Gasteiger partial charge in [0.15, 0.2) is 0 Å². The van der Waals surface area contributed by atoms with Gasteiger partial charge in [-0.3, -0.25) is 4.79 Å². The molecule has 1 aromatic carbocycles. The van der Waals surface area contributed by atoms with Crippen molar-refractivity contribution in [2.24, 2.45) is 5.92 Å². The lowest BCUT2D eigenvalue weighted by Gasteiger charge is -2.19. The lowest BCUT2D eigenvalue weighted by molar-refractivity contribution is -0.117. The van der Waals surface area contributed by atoms with E-state index in [9.17, 15) is 21.5 Å². The van der Waals surface area contributed by atoms with Gasteiger partial charge in [-0.25, -0.2) is 4.39 Å². The zero-order chi connectivity index (χ0) is 15.8. The summed E-state index contributed by atoms with van der Waals surface area (Å²) in [7, 11) is -1.23. The first-order chi connectivity index (χ1) is 9.67. The number of hydrogen-bond acceptors (Lipinski definition) is 4. The van der Waals surface area contributed by atoms with Gasteiger partial charge in [-0.2, -0.15) is 8.42 Å². The third kappa shape index (κ3) is 3.69. The van der Waals surface area contributed by atoms with Gasteiger partial charge in [0.25, 0.3) is 0 Å². The van der Waals surface area contributed by atoms with Gasteiger partial charge in [0.05, 0.1) is 11.4 Å². The highest BCUT2D eigenvalue weighted by molar-refractivity contribution is 7.86. The first-order valence-corrected chi connectivity index (χ1v) is 7.92. The van der Waals surface area contributed by atoms with Crippen LogP contribution in [-0.4, -0.2) is 40.7 Å². The molecule has 1 atom stereocenters. The van der Waals surface area contributed by atoms with Gasteiger partial charge >= 0.3 is 10.2 Å². The van der Waals surface area contributed by atoms with Gasteiger partial charge in [0.1, 0.15) is 5.82 Å². The van der Waals surface area contributed by atoms with E-state index in [2.05, 4.69) is 0 Å². The van der Waals surface area contributed by atoms with E-state index in [1.54, 1.807) is 25.1 Å². The van der Waals surface area contributed by atoms with Crippen molar-refractivity contribution >= 4 is 27.5 Å². The van der Waals surface area contributed by atoms with Crippen LogP contribution >= 0.6 is 0 Å². The molecule has 1 saturated heterocycles. The van der Waals surface area contributed by atoms with Gasteiger partial charge in [0, 0.05) is 38.7 Å². The number of carbonyl (C=O) groups excluding carboxylic acids is 1. The largest absolute Gasteiger partial charge is 0.375 e. The monoisotopic (exact) mass is 318 g/mol. The summed E-state index contributed by atoms with van der Waals surface area (Å²) in [5, 5.41) is 0. The van der Waals surface area contributed by atoms with Crippen LogP contribution < -0.4 is 9.80 Å². The third-order valence-corrected chi connectivity index (χ3v) is 4.23. The quantitative estimate of drug-likeness (QED) is 0.790. The molecular weight excluding hydrogens is 302 g/mol. The number of rotatable bonds is 4. The minimum Gasteiger partial charge on any atom is -0.375 e. The number of amides is 1. The number of carbonyl (C=O) groups is 1. The Hall–Kier alpha value is -1.70. The molecule has 21 heavy (non-hydrogen) atoms. The summed E-state index contributed by atoms with van der Waals surface area (Å²) >= 11 is 0. The molecule has 0 radical (unpaired) electrons. The first-order valence-electron chi connectivity index (χ1n) is 6.37. The minimum absolute atomic E-state index is 0.0554. The molecule has 1 fully saturated rings. The fourth-order valence-corrected chi connectivity index (χ4v) is 3.24. The van der Waals surface area contributed by atoms with Crippen molar-refractivity contribution in [1.29, 1.82) is 0 Å². The molecule has 1 aromatic rings. The third-order valence-electron chi connectivity index (χ3n) is 3.36. The molecule has 0 aliphatic carbocycles. The van der Waals surface area contributed by atoms with Gasteiger partial charge in [0.2, 0.25) is 5.91 Å². The molecule has 0 spiro atoms. The Kier molecular flexibility index (Phi) is 4.18. The van der Waals surface area contributed by atoms with Crippen molar-refractivity contribution in [1.82, 2.24) is 0 Å². The van der Waals surface area contributed by atoms with Crippen molar-refractivity contribution in [2.45, 2.75) is 6.42 Å². The van der Waals surface area contributed by atoms with Crippen LogP contribution in [-0.2, 0) is 15.0 Å². The summed E-state index contributed by atoms with van der Waals surface area (Å²) in [5.41, 5.74) is 0.732. The normalized spacial score (nSPS) is 19.1. The van der Waals surface area contributed by atoms with E-state index in [0.29, 0.717) is 11.4 Å². The van der Waals surface area contributed by atoms with Crippen molar-refractivity contribution in [3.05, 3.63) is 24.0 Å². The molecule has 1 aliphatic rings. The van der Waals surface area contributed by atoms with Gasteiger partial charge < -0.3 is 9.80 Å². The number of nitrogens with zero attached hydrogens (tertiary/aromatic N) is 2. The van der Waals surface area contributed by atoms with Crippen LogP contribution in [0.4, 0.5) is 19.7 Å². The van der Waals surface area contributed by atoms with E-state index in [1.807, 2.05) is 0 Å². The molecule has 116 valence electrons. The summed E-state index contributed by atoms with van der Waals surface area (Å²) in [5.74, 6) is -2.11. The lowest BCUT2D eigenvalue weighted by atomic mass is 10.1. The molecule has 0 N–H and O–H groups in total. The summed E-state index contributed by atoms with van der Waals surface area (Å²) in [6.45, 7) is 0.0722. The molecule has 1 heterocycles. The van der Waals surface area contributed by atoms with Gasteiger partial charge in [-0.1, -0.05) is 0 Å². The fraction of sp³-hybridized carbons (Fsp3) is 0.462. The van der Waals surface area contributed by atoms with E-state index in [0.717, 1.165) is 0 Å². The maximum atomic E-state index is 13.9. The molecule has 1 amide bonds. The summed E-state index contributed by atoms with van der Waals surface area (Å²) < 4.78 is 47.9. The zero-order valence-electron chi connectivity index (χ0n) is 11.7. The molecule has 5 nitrogen and oxygen atoms in total. The Morgan fingerprint density at radius 2 is 2.05 bits per heavy atom. The molecule has 8 heteroatoms. The first kappa shape index (κ1) is 15.7. The number of benzene rings is 1. The van der Waals surface area contributed by atoms with Crippen LogP contribution in [0.5, 0.6) is 0 Å². The predicted octanol–water partition coefficient (Wildman–Crippen LogP) is 1.54. The molecule has 2 rings (SSSR count). The van der Waals surface area contributed by atoms with E-state index in [1.165, 1.54) is 17.0 Å². The van der Waals surface area contributed by atoms with Crippen LogP contribution in [0.25, 0.3) is 0 Å². The topological polar surface area (TPSA) is 57.7 Å². The van der Waals surface area contributed by atoms with Crippen molar-refractivity contribution in [3.63, 3.8) is 0 Å². The molecular formula is C13H16F2N2O3S. The molecule has 1 aliphatic heterocycles. The summed E-state index contributed by atoms with van der Waals surface area (Å²) in [4.78, 5) is 14.8. The second kappa shape index (κ2) is 5.59. The minimum atomic E-state index is -4.62. The molecule has 0 bridgehead atoms. The molecule has 1 unspecified atom stereocenters. The average Bonchev–Trinajstić information content (AvgIpc) is 2.66. The molecule has 0 saturated carbocycles. The Morgan fingerprint density at radius 1 is 1.38 bits per heavy atom. The Balaban J connectivity index is 2.19. The standard InChI is InChI=1S/C13H16F2N2O3S/c1-16(2)12-4-3-10(6-11(12)14)17-7-9(5-13(17)18)8-21(15,19)20/h3-4,6,9H,5,7-8H2,1-2H3. The SMILES string of the molecule is CN(C)c1ccc(N2CC(CS(=O)(=O)F)CC2=O)cc1F. The average molecular weight is 318 g/mol. The smallest absolute Gasteiger partial charge is 0.302 e. The highest BCUT2D eigenvalue weighted by Gasteiger charge is 2.33. The predicted molar refractivity (Wildman–Crippen MR) is 76.1 cm³/mol. The van der Waals surface area contributed by atoms with Crippen LogP contribution in [0, 0.1) is 11.7 Å². The number of hydrogen-bond donors (Lipinski definition) is 0. The summed E-state index contributed by atoms with van der Waals surface area (Å²) in [6, 6.07) is 4.35. The second-order valence-corrected chi connectivity index (χ2v) is 6.72. The maximum Gasteiger partial charge on any atom is 0.302 e. The van der Waals surface area contributed by atoms with Crippen LogP contribution in [0.1, 0.15) is 6.42 Å². The zero-order valence-corrected chi connectivity index (χ0v) is 12.5. The number of anilines is 2. The number of halogens is 2. The van der Waals surface area contributed by atoms with Gasteiger partial charge in [-0.05, 0) is 18.2 Å². The fourth-order valence-electron chi connectivity index (χ4n) is 2.45. The van der Waals surface area contributed by atoms with Crippen molar-refractivity contribution in [2.75, 3.05) is 36.2 Å². The summed E-state index contributed by atoms with van der Waals surface area (Å²) in [6.07, 6.45) is -0.0554. The van der Waals surface area contributed by atoms with Crippen LogP contribution in [0.15, 0.2) is 18.2 Å². The lowest BCUT2D eigenvalue weighted by Crippen LogP contribution is -2.25. The van der Waals surface area contributed by atoms with Crippen molar-refractivity contribution in [3.8, 4) is 0 Å². The Bertz CT molecular complexity index is 661. The maximum absolute atomic E-state index is 13.9. The Morgan fingerprint density at radius 3 is 2.57 bits per heavy atom. The van der Waals surface area contributed by atoms with E-state index in [4.69, 9.17) is 0 Å². The second-order valence-electron chi connectivity index (χ2n) is 5.31. The van der Waals surface area contributed by atoms with Crippen molar-refractivity contribution < 1.29 is 21.5 Å². The van der Waals surface area contributed by atoms with E-state index >= 15 is 0 Å². The molecule has 0 aromatic heterocycles. The van der Waals surface area contributed by atoms with E-state index < -0.39 is 27.7 Å². The highest BCUT2D eigenvalue weighted by atomic mass is 32.3.